The van der Waals surface area contributed by atoms with Crippen LogP contribution in [0.5, 0.6) is 0 Å². The number of amides is 1. The summed E-state index contributed by atoms with van der Waals surface area (Å²) in [4.78, 5) is 39.8. The molecule has 0 radical (unpaired) electrons. The van der Waals surface area contributed by atoms with Crippen LogP contribution in [0, 0.1) is 0 Å². The van der Waals surface area contributed by atoms with Crippen LogP contribution in [0.2, 0.25) is 0 Å². The SMILES string of the molecule is CCCCCCCC/C=C\CCCCCCCC(=O)N[C@H](CCc1ccccc1)CO[PH](O)(O)O. The molecular weight excluding hydrogens is 461 g/mol. The molecule has 0 saturated carbocycles. The van der Waals surface area contributed by atoms with E-state index in [0.717, 1.165) is 37.7 Å². The van der Waals surface area contributed by atoms with E-state index in [1.54, 1.807) is 0 Å². The van der Waals surface area contributed by atoms with Gasteiger partial charge in [0.25, 0.3) is 0 Å². The van der Waals surface area contributed by atoms with Crippen molar-refractivity contribution in [2.45, 2.75) is 116 Å². The van der Waals surface area contributed by atoms with E-state index < -0.39 is 8.17 Å². The van der Waals surface area contributed by atoms with E-state index in [1.807, 2.05) is 30.3 Å². The summed E-state index contributed by atoms with van der Waals surface area (Å²) in [6.07, 6.45) is 22.2. The van der Waals surface area contributed by atoms with Gasteiger partial charge in [0.2, 0.25) is 0 Å². The number of hydrogen-bond donors (Lipinski definition) is 4. The Morgan fingerprint density at radius 3 is 2.06 bits per heavy atom. The average Bonchev–Trinajstić information content (AvgIpc) is 2.83. The van der Waals surface area contributed by atoms with Crippen molar-refractivity contribution in [3.63, 3.8) is 0 Å². The number of rotatable bonds is 22. The predicted molar refractivity (Wildman–Crippen MR) is 147 cm³/mol. The van der Waals surface area contributed by atoms with Gasteiger partial charge in [-0.15, -0.1) is 0 Å². The predicted octanol–water partition coefficient (Wildman–Crippen LogP) is 6.54. The van der Waals surface area contributed by atoms with Gasteiger partial charge in [0.1, 0.15) is 0 Å². The van der Waals surface area contributed by atoms with E-state index in [-0.39, 0.29) is 18.6 Å². The normalized spacial score (nSPS) is 13.3. The molecule has 1 rings (SSSR count). The van der Waals surface area contributed by atoms with Gasteiger partial charge in [0.05, 0.1) is 0 Å². The van der Waals surface area contributed by atoms with Gasteiger partial charge >= 0.3 is 150 Å². The zero-order chi connectivity index (χ0) is 25.6. The van der Waals surface area contributed by atoms with Gasteiger partial charge in [-0.25, -0.2) is 0 Å². The Morgan fingerprint density at radius 1 is 0.886 bits per heavy atom. The molecule has 0 saturated heterocycles. The number of carbonyl (C=O) groups is 1. The first-order chi connectivity index (χ1) is 16.9. The Hall–Kier alpha value is -1.30. The molecule has 0 bridgehead atoms. The Morgan fingerprint density at radius 2 is 1.46 bits per heavy atom. The summed E-state index contributed by atoms with van der Waals surface area (Å²) in [7, 11) is -4.60. The zero-order valence-electron chi connectivity index (χ0n) is 21.8. The molecule has 1 aromatic rings. The van der Waals surface area contributed by atoms with Gasteiger partial charge in [-0.3, -0.25) is 0 Å². The second kappa shape index (κ2) is 20.8. The summed E-state index contributed by atoms with van der Waals surface area (Å²) in [5.41, 5.74) is 1.13. The number of carbonyl (C=O) groups excluding carboxylic acids is 1. The number of hydrogen-bond acceptors (Lipinski definition) is 5. The zero-order valence-corrected chi connectivity index (χ0v) is 22.8. The van der Waals surface area contributed by atoms with Crippen molar-refractivity contribution in [1.82, 2.24) is 5.32 Å². The number of nitrogens with one attached hydrogen (secondary N) is 1. The molecule has 35 heavy (non-hydrogen) atoms. The van der Waals surface area contributed by atoms with Crippen molar-refractivity contribution in [3.8, 4) is 0 Å². The number of unbranched alkanes of at least 4 members (excludes halogenated alkanes) is 11. The summed E-state index contributed by atoms with van der Waals surface area (Å²) in [6.45, 7) is 2.13. The summed E-state index contributed by atoms with van der Waals surface area (Å²) in [5.74, 6) is -0.0645. The van der Waals surface area contributed by atoms with E-state index in [4.69, 9.17) is 19.2 Å². The van der Waals surface area contributed by atoms with Crippen LogP contribution < -0.4 is 5.32 Å². The molecule has 4 N–H and O–H groups in total. The third kappa shape index (κ3) is 20.6. The molecule has 0 spiro atoms. The molecule has 0 aliphatic heterocycles. The van der Waals surface area contributed by atoms with E-state index >= 15 is 0 Å². The molecule has 0 heterocycles. The molecule has 0 aromatic heterocycles. The first kappa shape index (κ1) is 31.7. The van der Waals surface area contributed by atoms with E-state index in [1.165, 1.54) is 57.8 Å². The average molecular weight is 512 g/mol. The number of benzene rings is 1. The van der Waals surface area contributed by atoms with Crippen LogP contribution in [0.25, 0.3) is 0 Å². The Labute approximate surface area is 213 Å². The van der Waals surface area contributed by atoms with Crippen molar-refractivity contribution in [2.24, 2.45) is 0 Å². The fourth-order valence-electron chi connectivity index (χ4n) is 4.05. The van der Waals surface area contributed by atoms with Gasteiger partial charge in [0.15, 0.2) is 0 Å². The fourth-order valence-corrected chi connectivity index (χ4v) is 4.48. The number of aryl methyl sites for hydroxylation is 1. The molecule has 202 valence electrons. The van der Waals surface area contributed by atoms with E-state index in [2.05, 4.69) is 24.4 Å². The summed E-state index contributed by atoms with van der Waals surface area (Å²) in [6, 6.07) is 9.49. The van der Waals surface area contributed by atoms with Crippen molar-refractivity contribution >= 4 is 14.1 Å². The second-order valence-electron chi connectivity index (χ2n) is 9.51. The van der Waals surface area contributed by atoms with Gasteiger partial charge < -0.3 is 0 Å². The van der Waals surface area contributed by atoms with Crippen LogP contribution >= 0.6 is 8.17 Å². The Balaban J connectivity index is 2.11. The molecular formula is C28H50NO5P. The summed E-state index contributed by atoms with van der Waals surface area (Å²) >= 11 is 0. The van der Waals surface area contributed by atoms with Crippen LogP contribution in [0.3, 0.4) is 0 Å². The van der Waals surface area contributed by atoms with Crippen LogP contribution in [0.4, 0.5) is 0 Å². The van der Waals surface area contributed by atoms with E-state index in [0.29, 0.717) is 12.8 Å². The van der Waals surface area contributed by atoms with Gasteiger partial charge in [0, 0.05) is 0 Å². The summed E-state index contributed by atoms with van der Waals surface area (Å²) in [5, 5.41) is 2.93. The van der Waals surface area contributed by atoms with Crippen molar-refractivity contribution in [1.29, 1.82) is 0 Å². The quantitative estimate of drug-likeness (QED) is 0.0804. The standard InChI is InChI=1S/C28H50NO5P/c1-2-3-4-5-6-7-8-9-10-11-12-13-14-15-19-22-28(30)29-27(25-34-35(31,32)33)24-23-26-20-17-16-18-21-26/h9-10,16-18,20-21,27,31-33,35H,2-8,11-15,19,22-25H2,1H3,(H,29,30)/b10-9-/t27-/m1/s1. The van der Waals surface area contributed by atoms with Gasteiger partial charge in [-0.2, -0.15) is 0 Å². The molecule has 0 aliphatic carbocycles. The molecule has 0 aliphatic rings. The Kier molecular flexibility index (Phi) is 18.9. The topological polar surface area (TPSA) is 99.0 Å². The van der Waals surface area contributed by atoms with Crippen LogP contribution in [-0.4, -0.2) is 33.2 Å². The third-order valence-corrected chi connectivity index (χ3v) is 6.69. The maximum absolute atomic E-state index is 12.4. The molecule has 1 amide bonds. The maximum atomic E-state index is 12.4. The van der Waals surface area contributed by atoms with Crippen molar-refractivity contribution in [2.75, 3.05) is 6.61 Å². The van der Waals surface area contributed by atoms with Crippen LogP contribution in [0.1, 0.15) is 109 Å². The fraction of sp³-hybridized carbons (Fsp3) is 0.679. The number of allylic oxidation sites excluding steroid dienone is 2. The molecule has 7 heteroatoms. The molecule has 0 fully saturated rings. The minimum absolute atomic E-state index is 0.0645. The van der Waals surface area contributed by atoms with Crippen molar-refractivity contribution < 1.29 is 24.0 Å². The third-order valence-electron chi connectivity index (χ3n) is 6.13. The first-order valence-corrected chi connectivity index (χ1v) is 15.4. The van der Waals surface area contributed by atoms with E-state index in [9.17, 15) is 4.79 Å². The molecule has 0 unspecified atom stereocenters. The first-order valence-electron chi connectivity index (χ1n) is 13.7. The Bertz CT molecular complexity index is 663. The molecule has 6 nitrogen and oxygen atoms in total. The molecule has 1 aromatic carbocycles. The minimum atomic E-state index is -4.60. The van der Waals surface area contributed by atoms with Crippen LogP contribution in [0.15, 0.2) is 42.5 Å². The molecule has 1 atom stereocenters. The monoisotopic (exact) mass is 511 g/mol. The van der Waals surface area contributed by atoms with Gasteiger partial charge in [-0.05, 0) is 12.8 Å². The summed E-state index contributed by atoms with van der Waals surface area (Å²) < 4.78 is 4.80. The second-order valence-corrected chi connectivity index (χ2v) is 10.9. The van der Waals surface area contributed by atoms with Crippen molar-refractivity contribution in [3.05, 3.63) is 48.0 Å². The van der Waals surface area contributed by atoms with Crippen LogP contribution in [-0.2, 0) is 15.7 Å². The van der Waals surface area contributed by atoms with Gasteiger partial charge in [-0.1, -0.05) is 51.2 Å².